The molecule has 1 aromatic carbocycles. The molecule has 1 fully saturated rings. The molecule has 0 N–H and O–H groups in total. The fourth-order valence-electron chi connectivity index (χ4n) is 3.25. The normalized spacial score (nSPS) is 17.0. The van der Waals surface area contributed by atoms with E-state index in [4.69, 9.17) is 9.47 Å². The van der Waals surface area contributed by atoms with Crippen LogP contribution in [0.15, 0.2) is 30.5 Å². The Balaban J connectivity index is 1.35. The average Bonchev–Trinajstić information content (AvgIpc) is 3.12. The van der Waals surface area contributed by atoms with Crippen molar-refractivity contribution in [2.24, 2.45) is 0 Å². The molecule has 0 aliphatic carbocycles. The predicted molar refractivity (Wildman–Crippen MR) is 94.7 cm³/mol. The van der Waals surface area contributed by atoms with E-state index in [1.54, 1.807) is 6.20 Å². The van der Waals surface area contributed by atoms with Gasteiger partial charge in [-0.05, 0) is 23.8 Å². The zero-order valence-electron chi connectivity index (χ0n) is 14.9. The zero-order valence-corrected chi connectivity index (χ0v) is 14.9. The van der Waals surface area contributed by atoms with E-state index in [-0.39, 0.29) is 12.7 Å². The van der Waals surface area contributed by atoms with Crippen LogP contribution in [0.25, 0.3) is 0 Å². The van der Waals surface area contributed by atoms with Gasteiger partial charge in [0, 0.05) is 38.8 Å². The summed E-state index contributed by atoms with van der Waals surface area (Å²) in [5.41, 5.74) is 2.02. The van der Waals surface area contributed by atoms with E-state index in [2.05, 4.69) is 14.9 Å². The third-order valence-electron chi connectivity index (χ3n) is 4.67. The maximum Gasteiger partial charge on any atom is 0.237 e. The third-order valence-corrected chi connectivity index (χ3v) is 4.67. The maximum atomic E-state index is 12.6. The lowest BCUT2D eigenvalue weighted by Crippen LogP contribution is -2.49. The maximum absolute atomic E-state index is 12.6. The second-order valence-electron chi connectivity index (χ2n) is 6.53. The van der Waals surface area contributed by atoms with E-state index in [9.17, 15) is 4.79 Å². The van der Waals surface area contributed by atoms with Crippen LogP contribution in [0.2, 0.25) is 0 Å². The Morgan fingerprint density at radius 3 is 2.85 bits per heavy atom. The molecule has 1 aromatic heterocycles. The first-order chi connectivity index (χ1) is 12.7. The number of benzene rings is 1. The largest absolute Gasteiger partial charge is 0.454 e. The molecule has 0 bridgehead atoms. The molecule has 3 heterocycles. The van der Waals surface area contributed by atoms with Gasteiger partial charge >= 0.3 is 0 Å². The molecule has 4 rings (SSSR count). The second kappa shape index (κ2) is 7.29. The van der Waals surface area contributed by atoms with E-state index < -0.39 is 0 Å². The molecule has 0 atom stereocenters. The Bertz CT molecular complexity index is 811. The SMILES string of the molecule is CCc1nccc(CN2CCN(Cc3ccc4c(c3)OCO4)C(=O)C2)n1. The number of hydrogen-bond donors (Lipinski definition) is 0. The van der Waals surface area contributed by atoms with Crippen molar-refractivity contribution in [2.75, 3.05) is 26.4 Å². The standard InChI is InChI=1S/C19H22N4O3/c1-2-18-20-6-5-15(21-18)11-22-7-8-23(19(24)12-22)10-14-3-4-16-17(9-14)26-13-25-16/h3-6,9H,2,7-8,10-13H2,1H3. The number of aryl methyl sites for hydroxylation is 1. The van der Waals surface area contributed by atoms with Crippen LogP contribution in [-0.2, 0) is 24.3 Å². The van der Waals surface area contributed by atoms with Crippen molar-refractivity contribution in [3.05, 3.63) is 47.5 Å². The number of fused-ring (bicyclic) bond motifs is 1. The van der Waals surface area contributed by atoms with Crippen LogP contribution in [0.4, 0.5) is 0 Å². The highest BCUT2D eigenvalue weighted by atomic mass is 16.7. The summed E-state index contributed by atoms with van der Waals surface area (Å²) >= 11 is 0. The molecule has 0 saturated carbocycles. The number of carbonyl (C=O) groups excluding carboxylic acids is 1. The van der Waals surface area contributed by atoms with Gasteiger partial charge in [0.1, 0.15) is 5.82 Å². The van der Waals surface area contributed by atoms with Crippen LogP contribution in [0.1, 0.15) is 24.0 Å². The first-order valence-electron chi connectivity index (χ1n) is 8.90. The van der Waals surface area contributed by atoms with Gasteiger partial charge in [-0.15, -0.1) is 0 Å². The number of rotatable bonds is 5. The molecule has 2 aliphatic heterocycles. The molecule has 7 heteroatoms. The first kappa shape index (κ1) is 16.8. The van der Waals surface area contributed by atoms with E-state index in [1.807, 2.05) is 36.1 Å². The fraction of sp³-hybridized carbons (Fsp3) is 0.421. The lowest BCUT2D eigenvalue weighted by molar-refractivity contribution is -0.136. The molecular weight excluding hydrogens is 332 g/mol. The third kappa shape index (κ3) is 3.62. The van der Waals surface area contributed by atoms with Crippen LogP contribution in [0.5, 0.6) is 11.5 Å². The molecule has 7 nitrogen and oxygen atoms in total. The van der Waals surface area contributed by atoms with Gasteiger partial charge in [-0.25, -0.2) is 9.97 Å². The van der Waals surface area contributed by atoms with Crippen molar-refractivity contribution in [3.63, 3.8) is 0 Å². The van der Waals surface area contributed by atoms with Crippen LogP contribution >= 0.6 is 0 Å². The van der Waals surface area contributed by atoms with E-state index in [0.717, 1.165) is 41.5 Å². The molecule has 26 heavy (non-hydrogen) atoms. The summed E-state index contributed by atoms with van der Waals surface area (Å²) in [6.07, 6.45) is 2.61. The molecule has 0 spiro atoms. The lowest BCUT2D eigenvalue weighted by atomic mass is 10.1. The summed E-state index contributed by atoms with van der Waals surface area (Å²) in [4.78, 5) is 25.3. The minimum Gasteiger partial charge on any atom is -0.454 e. The number of aromatic nitrogens is 2. The Morgan fingerprint density at radius 1 is 1.12 bits per heavy atom. The molecule has 1 amide bonds. The fourth-order valence-corrected chi connectivity index (χ4v) is 3.25. The van der Waals surface area contributed by atoms with Crippen molar-refractivity contribution in [1.82, 2.24) is 19.8 Å². The van der Waals surface area contributed by atoms with Crippen LogP contribution in [-0.4, -0.2) is 52.1 Å². The molecule has 0 radical (unpaired) electrons. The molecule has 1 saturated heterocycles. The Hall–Kier alpha value is -2.67. The van der Waals surface area contributed by atoms with E-state index in [1.165, 1.54) is 0 Å². The first-order valence-corrected chi connectivity index (χ1v) is 8.90. The highest BCUT2D eigenvalue weighted by molar-refractivity contribution is 5.79. The quantitative estimate of drug-likeness (QED) is 0.813. The number of nitrogens with zero attached hydrogens (tertiary/aromatic N) is 4. The summed E-state index contributed by atoms with van der Waals surface area (Å²) in [6, 6.07) is 7.76. The van der Waals surface area contributed by atoms with Gasteiger partial charge in [0.25, 0.3) is 0 Å². The number of ether oxygens (including phenoxy) is 2. The van der Waals surface area contributed by atoms with Gasteiger partial charge in [0.2, 0.25) is 12.7 Å². The van der Waals surface area contributed by atoms with Crippen LogP contribution < -0.4 is 9.47 Å². The molecule has 2 aliphatic rings. The van der Waals surface area contributed by atoms with Crippen molar-refractivity contribution < 1.29 is 14.3 Å². The summed E-state index contributed by atoms with van der Waals surface area (Å²) in [5, 5.41) is 0. The molecular formula is C19H22N4O3. The summed E-state index contributed by atoms with van der Waals surface area (Å²) < 4.78 is 10.7. The Morgan fingerprint density at radius 2 is 2.00 bits per heavy atom. The minimum atomic E-state index is 0.138. The number of hydrogen-bond acceptors (Lipinski definition) is 6. The number of piperazine rings is 1. The average molecular weight is 354 g/mol. The van der Waals surface area contributed by atoms with Crippen LogP contribution in [0.3, 0.4) is 0 Å². The van der Waals surface area contributed by atoms with Crippen molar-refractivity contribution >= 4 is 5.91 Å². The van der Waals surface area contributed by atoms with Crippen molar-refractivity contribution in [2.45, 2.75) is 26.4 Å². The van der Waals surface area contributed by atoms with E-state index in [0.29, 0.717) is 26.2 Å². The van der Waals surface area contributed by atoms with Gasteiger partial charge in [0.05, 0.1) is 12.2 Å². The smallest absolute Gasteiger partial charge is 0.237 e. The van der Waals surface area contributed by atoms with Gasteiger partial charge in [0.15, 0.2) is 11.5 Å². The van der Waals surface area contributed by atoms with Gasteiger partial charge in [-0.1, -0.05) is 13.0 Å². The summed E-state index contributed by atoms with van der Waals surface area (Å²) in [7, 11) is 0. The van der Waals surface area contributed by atoms with Gasteiger partial charge in [-0.2, -0.15) is 0 Å². The van der Waals surface area contributed by atoms with Crippen molar-refractivity contribution in [3.8, 4) is 11.5 Å². The highest BCUT2D eigenvalue weighted by Gasteiger charge is 2.25. The van der Waals surface area contributed by atoms with Gasteiger partial charge < -0.3 is 14.4 Å². The predicted octanol–water partition coefficient (Wildman–Crippen LogP) is 1.61. The topological polar surface area (TPSA) is 67.8 Å². The zero-order chi connectivity index (χ0) is 17.9. The molecule has 136 valence electrons. The minimum absolute atomic E-state index is 0.138. The monoisotopic (exact) mass is 354 g/mol. The lowest BCUT2D eigenvalue weighted by Gasteiger charge is -2.34. The van der Waals surface area contributed by atoms with Crippen molar-refractivity contribution in [1.29, 1.82) is 0 Å². The second-order valence-corrected chi connectivity index (χ2v) is 6.53. The molecule has 2 aromatic rings. The Kier molecular flexibility index (Phi) is 4.71. The molecule has 0 unspecified atom stereocenters. The summed E-state index contributed by atoms with van der Waals surface area (Å²) in [6.45, 7) is 5.53. The van der Waals surface area contributed by atoms with Crippen LogP contribution in [0, 0.1) is 0 Å². The highest BCUT2D eigenvalue weighted by Crippen LogP contribution is 2.32. The Labute approximate surface area is 152 Å². The summed E-state index contributed by atoms with van der Waals surface area (Å²) in [5.74, 6) is 2.50. The number of carbonyl (C=O) groups is 1. The number of amides is 1. The van der Waals surface area contributed by atoms with E-state index >= 15 is 0 Å². The van der Waals surface area contributed by atoms with Gasteiger partial charge in [-0.3, -0.25) is 9.69 Å².